The van der Waals surface area contributed by atoms with Crippen molar-refractivity contribution >= 4 is 11.8 Å². The molecule has 1 aromatic heterocycles. The summed E-state index contributed by atoms with van der Waals surface area (Å²) in [4.78, 5) is 34.7. The van der Waals surface area contributed by atoms with Crippen LogP contribution in [0.4, 0.5) is 26.3 Å². The summed E-state index contributed by atoms with van der Waals surface area (Å²) in [7, 11) is 0. The van der Waals surface area contributed by atoms with E-state index in [4.69, 9.17) is 4.42 Å². The number of hydrogen-bond donors (Lipinski definition) is 0. The molecule has 0 bridgehead atoms. The standard InChI is InChI=1S/C36H40F6N4O3/c1-23-5-6-25(16-24(23)2)17-31-21-29(8-10-46(31)33(47)26-18-27(35(37,38)39)20-28(19-26)36(40,41)42)43-11-13-44(14-12-43)30-7-9-45(22-30)34(48)32-4-3-15-49-32/h3-6,15-16,18-20,29-31H,7-14,17,21-22H2,1-2H3. The number of likely N-dealkylation sites (tertiary alicyclic amines) is 2. The third-order valence-electron chi connectivity index (χ3n) is 10.4. The molecule has 3 fully saturated rings. The quantitative estimate of drug-likeness (QED) is 0.270. The molecule has 6 rings (SSSR count). The molecule has 49 heavy (non-hydrogen) atoms. The minimum Gasteiger partial charge on any atom is -0.459 e. The molecule has 3 aromatic rings. The van der Waals surface area contributed by atoms with Crippen molar-refractivity contribution in [3.8, 4) is 0 Å². The summed E-state index contributed by atoms with van der Waals surface area (Å²) in [5, 5.41) is 0. The van der Waals surface area contributed by atoms with Crippen molar-refractivity contribution in [1.29, 1.82) is 0 Å². The number of hydrogen-bond acceptors (Lipinski definition) is 5. The molecule has 0 N–H and O–H groups in total. The second-order valence-corrected chi connectivity index (χ2v) is 13.5. The maximum atomic E-state index is 13.8. The Morgan fingerprint density at radius 1 is 0.755 bits per heavy atom. The monoisotopic (exact) mass is 690 g/mol. The number of benzene rings is 2. The summed E-state index contributed by atoms with van der Waals surface area (Å²) in [5.74, 6) is -0.606. The topological polar surface area (TPSA) is 60.2 Å². The number of nitrogens with zero attached hydrogens (tertiary/aromatic N) is 4. The molecule has 4 heterocycles. The highest BCUT2D eigenvalue weighted by molar-refractivity contribution is 5.95. The van der Waals surface area contributed by atoms with E-state index in [0.29, 0.717) is 50.2 Å². The Hall–Kier alpha value is -3.84. The Morgan fingerprint density at radius 2 is 1.39 bits per heavy atom. The molecule has 264 valence electrons. The first-order chi connectivity index (χ1) is 23.2. The third kappa shape index (κ3) is 7.82. The van der Waals surface area contributed by atoms with E-state index in [2.05, 4.69) is 9.80 Å². The molecular formula is C36H40F6N4O3. The van der Waals surface area contributed by atoms with Crippen molar-refractivity contribution < 1.29 is 40.3 Å². The summed E-state index contributed by atoms with van der Waals surface area (Å²) in [6.45, 7) is 8.62. The van der Waals surface area contributed by atoms with Crippen LogP contribution in [0.15, 0.2) is 59.2 Å². The van der Waals surface area contributed by atoms with Gasteiger partial charge in [0, 0.05) is 69.5 Å². The van der Waals surface area contributed by atoms with Crippen LogP contribution in [0.2, 0.25) is 0 Å². The van der Waals surface area contributed by atoms with Crippen LogP contribution >= 0.6 is 0 Å². The van der Waals surface area contributed by atoms with Gasteiger partial charge in [0.2, 0.25) is 0 Å². The molecular weight excluding hydrogens is 650 g/mol. The number of alkyl halides is 6. The number of aryl methyl sites for hydroxylation is 2. The highest BCUT2D eigenvalue weighted by atomic mass is 19.4. The molecule has 3 aliphatic rings. The van der Waals surface area contributed by atoms with Gasteiger partial charge in [-0.3, -0.25) is 19.4 Å². The maximum absolute atomic E-state index is 13.8. The van der Waals surface area contributed by atoms with E-state index in [1.807, 2.05) is 36.9 Å². The molecule has 3 unspecified atom stereocenters. The lowest BCUT2D eigenvalue weighted by molar-refractivity contribution is -0.143. The van der Waals surface area contributed by atoms with E-state index < -0.39 is 41.0 Å². The predicted molar refractivity (Wildman–Crippen MR) is 170 cm³/mol. The molecule has 3 saturated heterocycles. The molecule has 0 saturated carbocycles. The molecule has 2 aromatic carbocycles. The summed E-state index contributed by atoms with van der Waals surface area (Å²) in [6.07, 6.45) is -6.21. The van der Waals surface area contributed by atoms with E-state index in [-0.39, 0.29) is 30.6 Å². The summed E-state index contributed by atoms with van der Waals surface area (Å²) in [5.41, 5.74) is -0.514. The number of amides is 2. The smallest absolute Gasteiger partial charge is 0.416 e. The van der Waals surface area contributed by atoms with Gasteiger partial charge in [-0.1, -0.05) is 18.2 Å². The molecule has 13 heteroatoms. The number of piperazine rings is 1. The zero-order valence-electron chi connectivity index (χ0n) is 27.5. The normalized spacial score (nSPS) is 22.9. The number of piperidine rings is 1. The fourth-order valence-electron chi connectivity index (χ4n) is 7.52. The van der Waals surface area contributed by atoms with Gasteiger partial charge in [-0.15, -0.1) is 0 Å². The Bertz CT molecular complexity index is 1620. The minimum absolute atomic E-state index is 0.0509. The number of carbonyl (C=O) groups excluding carboxylic acids is 2. The van der Waals surface area contributed by atoms with Gasteiger partial charge in [-0.2, -0.15) is 26.3 Å². The van der Waals surface area contributed by atoms with Gasteiger partial charge in [0.15, 0.2) is 5.76 Å². The second kappa shape index (κ2) is 13.8. The molecule has 0 radical (unpaired) electrons. The summed E-state index contributed by atoms with van der Waals surface area (Å²) < 4.78 is 87.2. The van der Waals surface area contributed by atoms with Crippen molar-refractivity contribution in [2.24, 2.45) is 0 Å². The number of halogens is 6. The summed E-state index contributed by atoms with van der Waals surface area (Å²) >= 11 is 0. The van der Waals surface area contributed by atoms with Crippen LogP contribution in [0.5, 0.6) is 0 Å². The Morgan fingerprint density at radius 3 is 1.98 bits per heavy atom. The molecule has 3 aliphatic heterocycles. The second-order valence-electron chi connectivity index (χ2n) is 13.5. The van der Waals surface area contributed by atoms with Gasteiger partial charge in [0.1, 0.15) is 0 Å². The Balaban J connectivity index is 1.16. The van der Waals surface area contributed by atoms with Crippen LogP contribution in [0.1, 0.15) is 68.0 Å². The van der Waals surface area contributed by atoms with Crippen molar-refractivity contribution in [2.75, 3.05) is 45.8 Å². The summed E-state index contributed by atoms with van der Waals surface area (Å²) in [6, 6.07) is 10.3. The molecule has 0 spiro atoms. The van der Waals surface area contributed by atoms with Crippen molar-refractivity contribution in [1.82, 2.24) is 19.6 Å². The highest BCUT2D eigenvalue weighted by Crippen LogP contribution is 2.37. The fourth-order valence-corrected chi connectivity index (χ4v) is 7.52. The Kier molecular flexibility index (Phi) is 9.87. The highest BCUT2D eigenvalue weighted by Gasteiger charge is 2.41. The van der Waals surface area contributed by atoms with Crippen molar-refractivity contribution in [3.63, 3.8) is 0 Å². The molecule has 3 atom stereocenters. The van der Waals surface area contributed by atoms with Crippen LogP contribution in [0.25, 0.3) is 0 Å². The van der Waals surface area contributed by atoms with Crippen molar-refractivity contribution in [2.45, 2.75) is 70.0 Å². The third-order valence-corrected chi connectivity index (χ3v) is 10.4. The van der Waals surface area contributed by atoms with E-state index in [1.54, 1.807) is 12.1 Å². The van der Waals surface area contributed by atoms with E-state index >= 15 is 0 Å². The maximum Gasteiger partial charge on any atom is 0.416 e. The van der Waals surface area contributed by atoms with Gasteiger partial charge in [0.25, 0.3) is 11.8 Å². The predicted octanol–water partition coefficient (Wildman–Crippen LogP) is 6.68. The van der Waals surface area contributed by atoms with E-state index in [0.717, 1.165) is 49.3 Å². The van der Waals surface area contributed by atoms with E-state index in [9.17, 15) is 35.9 Å². The Labute approximate surface area is 281 Å². The average Bonchev–Trinajstić information content (AvgIpc) is 3.79. The first kappa shape index (κ1) is 35.0. The van der Waals surface area contributed by atoms with Crippen LogP contribution < -0.4 is 0 Å². The van der Waals surface area contributed by atoms with Crippen LogP contribution in [-0.4, -0.2) is 95.4 Å². The first-order valence-corrected chi connectivity index (χ1v) is 16.6. The first-order valence-electron chi connectivity index (χ1n) is 16.6. The van der Waals surface area contributed by atoms with Crippen molar-refractivity contribution in [3.05, 3.63) is 93.9 Å². The van der Waals surface area contributed by atoms with Gasteiger partial charge < -0.3 is 14.2 Å². The zero-order chi connectivity index (χ0) is 35.1. The molecule has 0 aliphatic carbocycles. The van der Waals surface area contributed by atoms with Gasteiger partial charge in [0.05, 0.1) is 17.4 Å². The fraction of sp³-hybridized carbons (Fsp3) is 0.500. The van der Waals surface area contributed by atoms with Crippen LogP contribution in [-0.2, 0) is 18.8 Å². The van der Waals surface area contributed by atoms with Gasteiger partial charge in [-0.25, -0.2) is 0 Å². The molecule has 7 nitrogen and oxygen atoms in total. The number of rotatable bonds is 6. The van der Waals surface area contributed by atoms with Crippen LogP contribution in [0.3, 0.4) is 0 Å². The molecule has 2 amide bonds. The van der Waals surface area contributed by atoms with Crippen LogP contribution in [0, 0.1) is 13.8 Å². The van der Waals surface area contributed by atoms with Gasteiger partial charge in [-0.05, 0) is 86.6 Å². The lowest BCUT2D eigenvalue weighted by atomic mass is 9.89. The SMILES string of the molecule is Cc1ccc(CC2CC(N3CCN(C4CCN(C(=O)c5ccco5)C4)CC3)CCN2C(=O)c2cc(C(F)(F)F)cc(C(F)(F)F)c2)cc1C. The average molecular weight is 691 g/mol. The number of carbonyl (C=O) groups is 2. The van der Waals surface area contributed by atoms with E-state index in [1.165, 1.54) is 11.2 Å². The van der Waals surface area contributed by atoms with Gasteiger partial charge >= 0.3 is 12.4 Å². The number of furan rings is 1. The zero-order valence-corrected chi connectivity index (χ0v) is 27.5. The lowest BCUT2D eigenvalue weighted by Crippen LogP contribution is -2.58. The lowest BCUT2D eigenvalue weighted by Gasteiger charge is -2.47. The minimum atomic E-state index is -5.05. The largest absolute Gasteiger partial charge is 0.459 e.